The number of anilines is 2. The molecule has 19 heavy (non-hydrogen) atoms. The van der Waals surface area contributed by atoms with Crippen LogP contribution in [0.2, 0.25) is 0 Å². The molecule has 2 aromatic heterocycles. The Labute approximate surface area is 113 Å². The van der Waals surface area contributed by atoms with Crippen molar-refractivity contribution in [1.29, 1.82) is 0 Å². The second-order valence-corrected chi connectivity index (χ2v) is 4.33. The first-order valence-corrected chi connectivity index (χ1v) is 6.24. The largest absolute Gasteiger partial charge is 0.354 e. The highest BCUT2D eigenvalue weighted by Crippen LogP contribution is 2.11. The molecule has 1 N–H and O–H groups in total. The van der Waals surface area contributed by atoms with Crippen LogP contribution in [0, 0.1) is 0 Å². The molecule has 0 aliphatic rings. The summed E-state index contributed by atoms with van der Waals surface area (Å²) in [5, 5.41) is 3.13. The van der Waals surface area contributed by atoms with E-state index in [1.165, 1.54) is 0 Å². The van der Waals surface area contributed by atoms with E-state index in [4.69, 9.17) is 0 Å². The third-order valence-electron chi connectivity index (χ3n) is 2.52. The van der Waals surface area contributed by atoms with Gasteiger partial charge in [0.25, 0.3) is 0 Å². The first-order chi connectivity index (χ1) is 9.19. The van der Waals surface area contributed by atoms with Crippen LogP contribution in [0.3, 0.4) is 0 Å². The Morgan fingerprint density at radius 3 is 2.47 bits per heavy atom. The van der Waals surface area contributed by atoms with E-state index in [0.717, 1.165) is 17.9 Å². The molecule has 2 rings (SSSR count). The number of pyridine rings is 1. The molecule has 0 aromatic carbocycles. The van der Waals surface area contributed by atoms with Crippen LogP contribution in [0.4, 0.5) is 11.9 Å². The van der Waals surface area contributed by atoms with Crippen molar-refractivity contribution in [3.63, 3.8) is 0 Å². The van der Waals surface area contributed by atoms with Crippen LogP contribution in [-0.4, -0.2) is 40.6 Å². The van der Waals surface area contributed by atoms with Gasteiger partial charge < -0.3 is 10.2 Å². The molecule has 0 aliphatic carbocycles. The summed E-state index contributed by atoms with van der Waals surface area (Å²) >= 11 is 0. The van der Waals surface area contributed by atoms with Crippen molar-refractivity contribution >= 4 is 11.9 Å². The summed E-state index contributed by atoms with van der Waals surface area (Å²) < 4.78 is 0. The highest BCUT2D eigenvalue weighted by Gasteiger charge is 2.08. The van der Waals surface area contributed by atoms with Crippen LogP contribution in [0.1, 0.15) is 18.3 Å². The van der Waals surface area contributed by atoms with Gasteiger partial charge in [-0.25, -0.2) is 0 Å². The molecular formula is C13H18N6. The number of rotatable bonds is 5. The molecule has 0 atom stereocenters. The summed E-state index contributed by atoms with van der Waals surface area (Å²) in [4.78, 5) is 19.1. The molecule has 0 bridgehead atoms. The predicted octanol–water partition coefficient (Wildman–Crippen LogP) is 1.36. The van der Waals surface area contributed by atoms with Gasteiger partial charge in [0.1, 0.15) is 5.82 Å². The Kier molecular flexibility index (Phi) is 4.22. The minimum atomic E-state index is 0.616. The van der Waals surface area contributed by atoms with E-state index in [9.17, 15) is 0 Å². The van der Waals surface area contributed by atoms with Gasteiger partial charge in [0.2, 0.25) is 11.9 Å². The van der Waals surface area contributed by atoms with Crippen molar-refractivity contribution < 1.29 is 0 Å². The van der Waals surface area contributed by atoms with Gasteiger partial charge in [0.05, 0.1) is 0 Å². The fraction of sp³-hybridized carbons (Fsp3) is 0.385. The quantitative estimate of drug-likeness (QED) is 0.873. The van der Waals surface area contributed by atoms with Crippen molar-refractivity contribution in [2.45, 2.75) is 13.3 Å². The normalized spacial score (nSPS) is 10.3. The lowest BCUT2D eigenvalue weighted by atomic mass is 10.2. The van der Waals surface area contributed by atoms with E-state index in [1.807, 2.05) is 38.1 Å². The number of nitrogens with zero attached hydrogens (tertiary/aromatic N) is 5. The molecule has 0 saturated heterocycles. The molecule has 0 amide bonds. The van der Waals surface area contributed by atoms with Crippen molar-refractivity contribution in [2.75, 3.05) is 30.9 Å². The summed E-state index contributed by atoms with van der Waals surface area (Å²) in [5.41, 5.74) is 1.13. The molecule has 100 valence electrons. The first-order valence-electron chi connectivity index (χ1n) is 6.24. The number of aromatic nitrogens is 4. The molecule has 2 aromatic rings. The van der Waals surface area contributed by atoms with Gasteiger partial charge in [-0.2, -0.15) is 15.0 Å². The Bertz CT molecular complexity index is 526. The van der Waals surface area contributed by atoms with Crippen molar-refractivity contribution in [2.24, 2.45) is 0 Å². The lowest BCUT2D eigenvalue weighted by Crippen LogP contribution is -2.17. The smallest absolute Gasteiger partial charge is 0.229 e. The van der Waals surface area contributed by atoms with E-state index >= 15 is 0 Å². The van der Waals surface area contributed by atoms with Gasteiger partial charge >= 0.3 is 0 Å². The monoisotopic (exact) mass is 258 g/mol. The molecule has 0 fully saturated rings. The minimum Gasteiger partial charge on any atom is -0.354 e. The number of hydrogen-bond donors (Lipinski definition) is 1. The average Bonchev–Trinajstić information content (AvgIpc) is 2.40. The van der Waals surface area contributed by atoms with Gasteiger partial charge in [0.15, 0.2) is 0 Å². The second kappa shape index (κ2) is 6.08. The zero-order chi connectivity index (χ0) is 13.7. The van der Waals surface area contributed by atoms with Crippen LogP contribution < -0.4 is 10.2 Å². The Morgan fingerprint density at radius 2 is 1.84 bits per heavy atom. The van der Waals surface area contributed by atoms with Crippen molar-refractivity contribution in [3.8, 4) is 0 Å². The van der Waals surface area contributed by atoms with E-state index < -0.39 is 0 Å². The van der Waals surface area contributed by atoms with E-state index in [-0.39, 0.29) is 0 Å². The molecule has 6 nitrogen and oxygen atoms in total. The molecule has 0 saturated carbocycles. The van der Waals surface area contributed by atoms with Crippen LogP contribution >= 0.6 is 0 Å². The fourth-order valence-corrected chi connectivity index (χ4v) is 1.61. The van der Waals surface area contributed by atoms with Gasteiger partial charge in [-0.1, -0.05) is 0 Å². The standard InChI is InChI=1S/C13H18N6/c1-4-15-12-16-11(17-13(18-12)19(2)3)9-10-5-7-14-8-6-10/h5-8H,4,9H2,1-3H3,(H,15,16,17,18). The SMILES string of the molecule is CCNc1nc(Cc2ccncc2)nc(N(C)C)n1. The van der Waals surface area contributed by atoms with Crippen LogP contribution in [0.25, 0.3) is 0 Å². The molecule has 0 unspecified atom stereocenters. The Morgan fingerprint density at radius 1 is 1.11 bits per heavy atom. The minimum absolute atomic E-state index is 0.616. The van der Waals surface area contributed by atoms with E-state index in [0.29, 0.717) is 18.3 Å². The van der Waals surface area contributed by atoms with E-state index in [1.54, 1.807) is 12.4 Å². The molecule has 6 heteroatoms. The third kappa shape index (κ3) is 3.61. The van der Waals surface area contributed by atoms with Crippen LogP contribution in [-0.2, 0) is 6.42 Å². The fourth-order valence-electron chi connectivity index (χ4n) is 1.61. The molecule has 0 radical (unpaired) electrons. The Hall–Kier alpha value is -2.24. The van der Waals surface area contributed by atoms with Gasteiger partial charge in [0, 0.05) is 39.5 Å². The van der Waals surface area contributed by atoms with Gasteiger partial charge in [-0.3, -0.25) is 4.98 Å². The van der Waals surface area contributed by atoms with Gasteiger partial charge in [-0.15, -0.1) is 0 Å². The molecule has 0 aliphatic heterocycles. The number of hydrogen-bond acceptors (Lipinski definition) is 6. The maximum atomic E-state index is 4.45. The highest BCUT2D eigenvalue weighted by molar-refractivity contribution is 5.36. The summed E-state index contributed by atoms with van der Waals surface area (Å²) in [7, 11) is 3.84. The average molecular weight is 258 g/mol. The lowest BCUT2D eigenvalue weighted by molar-refractivity contribution is 0.880. The second-order valence-electron chi connectivity index (χ2n) is 4.33. The zero-order valence-electron chi connectivity index (χ0n) is 11.5. The Balaban J connectivity index is 2.28. The third-order valence-corrected chi connectivity index (χ3v) is 2.52. The maximum absolute atomic E-state index is 4.45. The van der Waals surface area contributed by atoms with Crippen molar-refractivity contribution in [1.82, 2.24) is 19.9 Å². The molecular weight excluding hydrogens is 240 g/mol. The summed E-state index contributed by atoms with van der Waals surface area (Å²) in [5.74, 6) is 2.03. The highest BCUT2D eigenvalue weighted by atomic mass is 15.3. The topological polar surface area (TPSA) is 66.8 Å². The first kappa shape index (κ1) is 13.2. The maximum Gasteiger partial charge on any atom is 0.229 e. The van der Waals surface area contributed by atoms with Crippen LogP contribution in [0.5, 0.6) is 0 Å². The van der Waals surface area contributed by atoms with Crippen LogP contribution in [0.15, 0.2) is 24.5 Å². The van der Waals surface area contributed by atoms with E-state index in [2.05, 4.69) is 25.3 Å². The molecule has 0 spiro atoms. The summed E-state index contributed by atoms with van der Waals surface area (Å²) in [6, 6.07) is 3.93. The van der Waals surface area contributed by atoms with Gasteiger partial charge in [-0.05, 0) is 24.6 Å². The number of nitrogens with one attached hydrogen (secondary N) is 1. The van der Waals surface area contributed by atoms with Crippen molar-refractivity contribution in [3.05, 3.63) is 35.9 Å². The summed E-state index contributed by atoms with van der Waals surface area (Å²) in [6.07, 6.45) is 4.22. The molecule has 2 heterocycles. The summed E-state index contributed by atoms with van der Waals surface area (Å²) in [6.45, 7) is 2.80. The zero-order valence-corrected chi connectivity index (χ0v) is 11.5. The predicted molar refractivity (Wildman–Crippen MR) is 75.4 cm³/mol. The lowest BCUT2D eigenvalue weighted by Gasteiger charge is -2.13.